The number of amides is 1. The summed E-state index contributed by atoms with van der Waals surface area (Å²) in [6.45, 7) is 4.56. The van der Waals surface area contributed by atoms with E-state index >= 15 is 0 Å². The molecule has 2 unspecified atom stereocenters. The van der Waals surface area contributed by atoms with Crippen LogP contribution in [0, 0.1) is 23.2 Å². The van der Waals surface area contributed by atoms with E-state index in [0.29, 0.717) is 18.8 Å². The molecule has 0 bridgehead atoms. The quantitative estimate of drug-likeness (QED) is 0.532. The van der Waals surface area contributed by atoms with E-state index in [4.69, 9.17) is 10.00 Å². The van der Waals surface area contributed by atoms with Crippen molar-refractivity contribution in [1.82, 2.24) is 4.31 Å². The standard InChI is InChI=1S/C25H29N3O5S/c1-19-14-20(2)17-27(16-19)34(31,32)23-11-6-8-21(15-23)25(30)33-18-24(29)28(13-7-12-26)22-9-4-3-5-10-22/h3-6,8-11,15,19-20H,7,13-14,16-18H2,1-2H3. The molecule has 1 heterocycles. The molecular formula is C25H29N3O5S. The average Bonchev–Trinajstić information content (AvgIpc) is 2.83. The number of hydrogen-bond acceptors (Lipinski definition) is 6. The first-order valence-corrected chi connectivity index (χ1v) is 12.7. The van der Waals surface area contributed by atoms with Crippen LogP contribution >= 0.6 is 0 Å². The lowest BCUT2D eigenvalue weighted by molar-refractivity contribution is -0.121. The van der Waals surface area contributed by atoms with Gasteiger partial charge in [-0.15, -0.1) is 0 Å². The summed E-state index contributed by atoms with van der Waals surface area (Å²) in [5.41, 5.74) is 0.646. The van der Waals surface area contributed by atoms with Crippen molar-refractivity contribution < 1.29 is 22.7 Å². The predicted molar refractivity (Wildman–Crippen MR) is 127 cm³/mol. The number of carbonyl (C=O) groups is 2. The summed E-state index contributed by atoms with van der Waals surface area (Å²) >= 11 is 0. The van der Waals surface area contributed by atoms with Crippen LogP contribution < -0.4 is 4.90 Å². The van der Waals surface area contributed by atoms with Gasteiger partial charge in [0, 0.05) is 25.3 Å². The molecule has 34 heavy (non-hydrogen) atoms. The Morgan fingerprint density at radius 1 is 1.09 bits per heavy atom. The lowest BCUT2D eigenvalue weighted by Gasteiger charge is -2.34. The minimum atomic E-state index is -3.76. The Bertz CT molecular complexity index is 1150. The van der Waals surface area contributed by atoms with Gasteiger partial charge in [-0.3, -0.25) is 4.79 Å². The minimum absolute atomic E-state index is 0.0227. The number of carbonyl (C=O) groups excluding carboxylic acids is 2. The molecule has 0 radical (unpaired) electrons. The van der Waals surface area contributed by atoms with Gasteiger partial charge in [0.05, 0.1) is 22.9 Å². The highest BCUT2D eigenvalue weighted by Crippen LogP contribution is 2.27. The molecule has 8 nitrogen and oxygen atoms in total. The molecule has 1 aliphatic heterocycles. The Kier molecular flexibility index (Phi) is 8.42. The van der Waals surface area contributed by atoms with E-state index in [2.05, 4.69) is 0 Å². The van der Waals surface area contributed by atoms with Crippen LogP contribution in [0.1, 0.15) is 37.0 Å². The molecule has 3 rings (SSSR count). The van der Waals surface area contributed by atoms with Gasteiger partial charge >= 0.3 is 5.97 Å². The molecule has 1 fully saturated rings. The zero-order valence-corrected chi connectivity index (χ0v) is 20.2. The maximum atomic E-state index is 13.2. The number of esters is 1. The van der Waals surface area contributed by atoms with Gasteiger partial charge in [-0.2, -0.15) is 9.57 Å². The van der Waals surface area contributed by atoms with Crippen molar-refractivity contribution in [3.8, 4) is 6.07 Å². The Balaban J connectivity index is 1.70. The third-order valence-electron chi connectivity index (χ3n) is 5.69. The molecule has 2 atom stereocenters. The summed E-state index contributed by atoms with van der Waals surface area (Å²) in [6.07, 6.45) is 1.10. The van der Waals surface area contributed by atoms with Crippen LogP contribution in [-0.2, 0) is 19.6 Å². The number of benzene rings is 2. The second kappa shape index (κ2) is 11.3. The predicted octanol–water partition coefficient (Wildman–Crippen LogP) is 3.46. The van der Waals surface area contributed by atoms with Crippen molar-refractivity contribution in [2.75, 3.05) is 31.1 Å². The Morgan fingerprint density at radius 2 is 1.76 bits per heavy atom. The van der Waals surface area contributed by atoms with Gasteiger partial charge in [0.25, 0.3) is 5.91 Å². The molecule has 0 aliphatic carbocycles. The SMILES string of the molecule is CC1CC(C)CN(S(=O)(=O)c2cccc(C(=O)OCC(=O)N(CCC#N)c3ccccc3)c2)C1. The number of anilines is 1. The van der Waals surface area contributed by atoms with E-state index in [1.54, 1.807) is 24.3 Å². The van der Waals surface area contributed by atoms with Crippen LogP contribution in [-0.4, -0.2) is 50.8 Å². The second-order valence-corrected chi connectivity index (χ2v) is 10.6. The maximum absolute atomic E-state index is 13.2. The molecular weight excluding hydrogens is 454 g/mol. The number of sulfonamides is 1. The van der Waals surface area contributed by atoms with Crippen LogP contribution in [0.25, 0.3) is 0 Å². The first kappa shape index (κ1) is 25.4. The monoisotopic (exact) mass is 483 g/mol. The number of hydrogen-bond donors (Lipinski definition) is 0. The Morgan fingerprint density at radius 3 is 2.41 bits per heavy atom. The third-order valence-corrected chi connectivity index (χ3v) is 7.51. The van der Waals surface area contributed by atoms with Crippen molar-refractivity contribution in [2.24, 2.45) is 11.8 Å². The number of nitrogens with zero attached hydrogens (tertiary/aromatic N) is 3. The second-order valence-electron chi connectivity index (χ2n) is 8.66. The summed E-state index contributed by atoms with van der Waals surface area (Å²) in [6, 6.07) is 16.5. The van der Waals surface area contributed by atoms with Crippen molar-refractivity contribution in [3.63, 3.8) is 0 Å². The van der Waals surface area contributed by atoms with Gasteiger partial charge < -0.3 is 9.64 Å². The average molecular weight is 484 g/mol. The number of ether oxygens (including phenoxy) is 1. The molecule has 2 aromatic carbocycles. The highest BCUT2D eigenvalue weighted by atomic mass is 32.2. The molecule has 1 saturated heterocycles. The first-order valence-electron chi connectivity index (χ1n) is 11.2. The highest BCUT2D eigenvalue weighted by molar-refractivity contribution is 7.89. The number of para-hydroxylation sites is 1. The van der Waals surface area contributed by atoms with Crippen LogP contribution in [0.2, 0.25) is 0 Å². The van der Waals surface area contributed by atoms with E-state index in [-0.39, 0.29) is 35.3 Å². The van der Waals surface area contributed by atoms with E-state index < -0.39 is 28.5 Å². The van der Waals surface area contributed by atoms with Crippen molar-refractivity contribution in [1.29, 1.82) is 5.26 Å². The summed E-state index contributed by atoms with van der Waals surface area (Å²) in [7, 11) is -3.76. The van der Waals surface area contributed by atoms with Gasteiger partial charge in [-0.1, -0.05) is 38.1 Å². The maximum Gasteiger partial charge on any atom is 0.338 e. The fourth-order valence-corrected chi connectivity index (χ4v) is 5.92. The molecule has 180 valence electrons. The van der Waals surface area contributed by atoms with E-state index in [0.717, 1.165) is 6.42 Å². The van der Waals surface area contributed by atoms with E-state index in [9.17, 15) is 18.0 Å². The zero-order chi connectivity index (χ0) is 24.7. The van der Waals surface area contributed by atoms with Crippen molar-refractivity contribution in [2.45, 2.75) is 31.6 Å². The van der Waals surface area contributed by atoms with Crippen molar-refractivity contribution in [3.05, 3.63) is 60.2 Å². The minimum Gasteiger partial charge on any atom is -0.452 e. The summed E-state index contributed by atoms with van der Waals surface area (Å²) < 4.78 is 33.0. The van der Waals surface area contributed by atoms with E-state index in [1.807, 2.05) is 26.0 Å². The van der Waals surface area contributed by atoms with Crippen LogP contribution in [0.3, 0.4) is 0 Å². The molecule has 0 aromatic heterocycles. The number of piperidine rings is 1. The zero-order valence-electron chi connectivity index (χ0n) is 19.4. The Labute approximate surface area is 200 Å². The van der Waals surface area contributed by atoms with Gasteiger partial charge in [-0.05, 0) is 48.6 Å². The first-order chi connectivity index (χ1) is 16.2. The molecule has 1 amide bonds. The van der Waals surface area contributed by atoms with Gasteiger partial charge in [0.15, 0.2) is 6.61 Å². The summed E-state index contributed by atoms with van der Waals surface area (Å²) in [5, 5.41) is 8.90. The normalized spacial score (nSPS) is 18.6. The lowest BCUT2D eigenvalue weighted by atomic mass is 9.94. The fourth-order valence-electron chi connectivity index (χ4n) is 4.19. The van der Waals surface area contributed by atoms with Gasteiger partial charge in [-0.25, -0.2) is 13.2 Å². The van der Waals surface area contributed by atoms with Gasteiger partial charge in [0.2, 0.25) is 10.0 Å². The largest absolute Gasteiger partial charge is 0.452 e. The van der Waals surface area contributed by atoms with Crippen LogP contribution in [0.5, 0.6) is 0 Å². The van der Waals surface area contributed by atoms with Gasteiger partial charge in [0.1, 0.15) is 0 Å². The van der Waals surface area contributed by atoms with E-state index in [1.165, 1.54) is 33.5 Å². The molecule has 1 aliphatic rings. The molecule has 2 aromatic rings. The lowest BCUT2D eigenvalue weighted by Crippen LogP contribution is -2.42. The van der Waals surface area contributed by atoms with Crippen LogP contribution in [0.15, 0.2) is 59.5 Å². The molecule has 0 saturated carbocycles. The third kappa shape index (κ3) is 6.22. The topological polar surface area (TPSA) is 108 Å². The smallest absolute Gasteiger partial charge is 0.338 e. The van der Waals surface area contributed by atoms with Crippen LogP contribution in [0.4, 0.5) is 5.69 Å². The highest BCUT2D eigenvalue weighted by Gasteiger charge is 2.32. The molecule has 0 N–H and O–H groups in total. The van der Waals surface area contributed by atoms with Crippen molar-refractivity contribution >= 4 is 27.6 Å². The molecule has 0 spiro atoms. The molecule has 9 heteroatoms. The summed E-state index contributed by atoms with van der Waals surface area (Å²) in [4.78, 5) is 26.8. The summed E-state index contributed by atoms with van der Waals surface area (Å²) in [5.74, 6) is -0.758. The Hall–Kier alpha value is -3.22. The fraction of sp³-hybridized carbons (Fsp3) is 0.400. The number of nitriles is 1. The number of rotatable bonds is 8.